The van der Waals surface area contributed by atoms with E-state index in [2.05, 4.69) is 0 Å². The molecule has 1 aromatic heterocycles. The number of carbonyl (C=O) groups is 1. The molecule has 0 unspecified atom stereocenters. The van der Waals surface area contributed by atoms with Crippen molar-refractivity contribution in [2.75, 3.05) is 0 Å². The number of nitrogens with zero attached hydrogens (tertiary/aromatic N) is 2. The first-order valence-corrected chi connectivity index (χ1v) is 6.03. The molecule has 0 radical (unpaired) electrons. The summed E-state index contributed by atoms with van der Waals surface area (Å²) in [6.45, 7) is 2.95. The maximum absolute atomic E-state index is 14.1. The van der Waals surface area contributed by atoms with Crippen LogP contribution in [-0.2, 0) is 0 Å². The van der Waals surface area contributed by atoms with Crippen molar-refractivity contribution in [3.8, 4) is 11.8 Å². The molecule has 1 heterocycles. The summed E-state index contributed by atoms with van der Waals surface area (Å²) >= 11 is 0. The minimum Gasteiger partial charge on any atom is -0.478 e. The van der Waals surface area contributed by atoms with Crippen molar-refractivity contribution in [1.82, 2.24) is 4.57 Å². The van der Waals surface area contributed by atoms with E-state index in [-0.39, 0.29) is 22.5 Å². The fourth-order valence-corrected chi connectivity index (χ4v) is 2.26. The summed E-state index contributed by atoms with van der Waals surface area (Å²) in [6.07, 6.45) is 0. The van der Waals surface area contributed by atoms with Gasteiger partial charge >= 0.3 is 5.97 Å². The molecule has 1 aromatic carbocycles. The van der Waals surface area contributed by atoms with Crippen LogP contribution < -0.4 is 5.56 Å². The molecular formula is C15H11FN2O3. The number of nitriles is 1. The zero-order chi connectivity index (χ0) is 15.7. The topological polar surface area (TPSA) is 83.1 Å². The number of hydrogen-bond donors (Lipinski definition) is 1. The van der Waals surface area contributed by atoms with E-state index in [0.717, 1.165) is 16.7 Å². The minimum absolute atomic E-state index is 0.0432. The summed E-state index contributed by atoms with van der Waals surface area (Å²) in [5.41, 5.74) is -0.0881. The van der Waals surface area contributed by atoms with Crippen LogP contribution in [-0.4, -0.2) is 15.6 Å². The van der Waals surface area contributed by atoms with Gasteiger partial charge in [-0.3, -0.25) is 9.36 Å². The molecule has 1 N–H and O–H groups in total. The average molecular weight is 286 g/mol. The second-order valence-electron chi connectivity index (χ2n) is 4.54. The van der Waals surface area contributed by atoms with Gasteiger partial charge in [0.25, 0.3) is 5.56 Å². The Morgan fingerprint density at radius 1 is 1.33 bits per heavy atom. The van der Waals surface area contributed by atoms with E-state index in [1.165, 1.54) is 26.0 Å². The highest BCUT2D eigenvalue weighted by molar-refractivity contribution is 5.90. The summed E-state index contributed by atoms with van der Waals surface area (Å²) in [4.78, 5) is 23.4. The first-order valence-electron chi connectivity index (χ1n) is 6.03. The van der Waals surface area contributed by atoms with Crippen molar-refractivity contribution in [1.29, 1.82) is 5.26 Å². The third-order valence-electron chi connectivity index (χ3n) is 3.18. The molecule has 2 aromatic rings. The van der Waals surface area contributed by atoms with Crippen LogP contribution in [0.25, 0.3) is 5.69 Å². The number of carboxylic acids is 1. The Balaban J connectivity index is 2.82. The zero-order valence-electron chi connectivity index (χ0n) is 11.3. The van der Waals surface area contributed by atoms with Gasteiger partial charge in [-0.25, -0.2) is 9.18 Å². The maximum Gasteiger partial charge on any atom is 0.337 e. The van der Waals surface area contributed by atoms with Gasteiger partial charge in [-0.15, -0.1) is 0 Å². The lowest BCUT2D eigenvalue weighted by molar-refractivity contribution is 0.0694. The van der Waals surface area contributed by atoms with Crippen molar-refractivity contribution in [2.24, 2.45) is 0 Å². The van der Waals surface area contributed by atoms with Gasteiger partial charge in [-0.2, -0.15) is 5.26 Å². The molecule has 0 saturated carbocycles. The van der Waals surface area contributed by atoms with Crippen LogP contribution >= 0.6 is 0 Å². The number of carboxylic acid groups (broad SMARTS) is 1. The quantitative estimate of drug-likeness (QED) is 0.917. The lowest BCUT2D eigenvalue weighted by atomic mass is 10.1. The van der Waals surface area contributed by atoms with Crippen LogP contribution in [0.2, 0.25) is 0 Å². The number of halogens is 1. The van der Waals surface area contributed by atoms with E-state index >= 15 is 0 Å². The fraction of sp³-hybridized carbons (Fsp3) is 0.133. The molecule has 0 aliphatic carbocycles. The number of aromatic nitrogens is 1. The van der Waals surface area contributed by atoms with E-state index < -0.39 is 17.3 Å². The van der Waals surface area contributed by atoms with E-state index in [0.29, 0.717) is 5.56 Å². The maximum atomic E-state index is 14.1. The molecule has 0 aliphatic heterocycles. The molecule has 6 heteroatoms. The average Bonchev–Trinajstić information content (AvgIpc) is 2.39. The summed E-state index contributed by atoms with van der Waals surface area (Å²) in [5.74, 6) is -1.95. The van der Waals surface area contributed by atoms with Gasteiger partial charge in [0, 0.05) is 11.8 Å². The van der Waals surface area contributed by atoms with Gasteiger partial charge in [0.2, 0.25) is 0 Å². The van der Waals surface area contributed by atoms with E-state index in [1.54, 1.807) is 6.07 Å². The Kier molecular flexibility index (Phi) is 3.59. The van der Waals surface area contributed by atoms with E-state index in [4.69, 9.17) is 5.26 Å². The van der Waals surface area contributed by atoms with Crippen LogP contribution in [0, 0.1) is 31.0 Å². The monoisotopic (exact) mass is 286 g/mol. The highest BCUT2D eigenvalue weighted by atomic mass is 19.1. The molecule has 5 nitrogen and oxygen atoms in total. The van der Waals surface area contributed by atoms with E-state index in [9.17, 15) is 19.1 Å². The van der Waals surface area contributed by atoms with Crippen molar-refractivity contribution in [2.45, 2.75) is 13.8 Å². The van der Waals surface area contributed by atoms with Crippen LogP contribution in [0.5, 0.6) is 0 Å². The molecule has 0 amide bonds. The number of pyridine rings is 1. The number of hydrogen-bond acceptors (Lipinski definition) is 3. The largest absolute Gasteiger partial charge is 0.478 e. The first kappa shape index (κ1) is 14.5. The van der Waals surface area contributed by atoms with Crippen LogP contribution in [0.3, 0.4) is 0 Å². The van der Waals surface area contributed by atoms with Crippen molar-refractivity contribution in [3.05, 3.63) is 62.8 Å². The highest BCUT2D eigenvalue weighted by Crippen LogP contribution is 2.19. The number of aryl methyl sites for hydroxylation is 1. The Labute approximate surface area is 119 Å². The molecular weight excluding hydrogens is 275 g/mol. The van der Waals surface area contributed by atoms with Gasteiger partial charge in [-0.1, -0.05) is 0 Å². The predicted octanol–water partition coefficient (Wildman–Crippen LogP) is 2.16. The molecule has 0 bridgehead atoms. The van der Waals surface area contributed by atoms with Crippen molar-refractivity contribution < 1.29 is 14.3 Å². The van der Waals surface area contributed by atoms with Crippen molar-refractivity contribution >= 4 is 5.97 Å². The SMILES string of the molecule is Cc1cc(=O)n(-c2ccc(C#N)cc2F)c(C)c1C(=O)O. The predicted molar refractivity (Wildman–Crippen MR) is 73.1 cm³/mol. The second kappa shape index (κ2) is 5.21. The molecule has 0 spiro atoms. The zero-order valence-corrected chi connectivity index (χ0v) is 11.3. The molecule has 21 heavy (non-hydrogen) atoms. The van der Waals surface area contributed by atoms with Crippen molar-refractivity contribution in [3.63, 3.8) is 0 Å². The summed E-state index contributed by atoms with van der Waals surface area (Å²) < 4.78 is 15.1. The molecule has 0 fully saturated rings. The third kappa shape index (κ3) is 2.41. The fourth-order valence-electron chi connectivity index (χ4n) is 2.26. The van der Waals surface area contributed by atoms with Gasteiger partial charge < -0.3 is 5.11 Å². The summed E-state index contributed by atoms with van der Waals surface area (Å²) in [7, 11) is 0. The molecule has 106 valence electrons. The standard InChI is InChI=1S/C15H11FN2O3/c1-8-5-13(19)18(9(2)14(8)15(20)21)12-4-3-10(7-17)6-11(12)16/h3-6H,1-2H3,(H,20,21). The normalized spacial score (nSPS) is 10.2. The third-order valence-corrected chi connectivity index (χ3v) is 3.18. The molecule has 0 aliphatic rings. The molecule has 0 saturated heterocycles. The van der Waals surface area contributed by atoms with Gasteiger partial charge in [-0.05, 0) is 37.6 Å². The molecule has 2 rings (SSSR count). The van der Waals surface area contributed by atoms with Gasteiger partial charge in [0.1, 0.15) is 5.82 Å². The van der Waals surface area contributed by atoms with Crippen LogP contribution in [0.4, 0.5) is 4.39 Å². The second-order valence-corrected chi connectivity index (χ2v) is 4.54. The van der Waals surface area contributed by atoms with Crippen LogP contribution in [0.1, 0.15) is 27.2 Å². The summed E-state index contributed by atoms with van der Waals surface area (Å²) in [6, 6.07) is 6.59. The smallest absolute Gasteiger partial charge is 0.337 e. The summed E-state index contributed by atoms with van der Waals surface area (Å²) in [5, 5.41) is 17.9. The van der Waals surface area contributed by atoms with E-state index in [1.807, 2.05) is 0 Å². The Bertz CT molecular complexity index is 847. The van der Waals surface area contributed by atoms with Gasteiger partial charge in [0.05, 0.1) is 22.9 Å². The van der Waals surface area contributed by atoms with Gasteiger partial charge in [0.15, 0.2) is 0 Å². The van der Waals surface area contributed by atoms with Crippen LogP contribution in [0.15, 0.2) is 29.1 Å². The Hall–Kier alpha value is -2.94. The lowest BCUT2D eigenvalue weighted by Crippen LogP contribution is -2.24. The number of benzene rings is 1. The molecule has 0 atom stereocenters. The minimum atomic E-state index is -1.19. The Morgan fingerprint density at radius 2 is 2.00 bits per heavy atom. The number of aromatic carboxylic acids is 1. The lowest BCUT2D eigenvalue weighted by Gasteiger charge is -2.14. The Morgan fingerprint density at radius 3 is 2.52 bits per heavy atom. The number of rotatable bonds is 2. The highest BCUT2D eigenvalue weighted by Gasteiger charge is 2.18. The first-order chi connectivity index (χ1) is 9.86.